The lowest BCUT2D eigenvalue weighted by Crippen LogP contribution is -2.15. The van der Waals surface area contributed by atoms with E-state index < -0.39 is 0 Å². The number of benzene rings is 1. The fourth-order valence-electron chi connectivity index (χ4n) is 2.53. The first-order chi connectivity index (χ1) is 10.3. The molecule has 3 heteroatoms. The van der Waals surface area contributed by atoms with Gasteiger partial charge in [0.2, 0.25) is 0 Å². The van der Waals surface area contributed by atoms with Gasteiger partial charge in [0.1, 0.15) is 6.61 Å². The lowest BCUT2D eigenvalue weighted by molar-refractivity contribution is -0.145. The van der Waals surface area contributed by atoms with Gasteiger partial charge in [-0.1, -0.05) is 32.9 Å². The smallest absolute Gasteiger partial charge is 0.306 e. The van der Waals surface area contributed by atoms with E-state index in [2.05, 4.69) is 46.8 Å². The van der Waals surface area contributed by atoms with Crippen LogP contribution in [0.4, 0.5) is 0 Å². The molecule has 0 heterocycles. The maximum atomic E-state index is 11.7. The number of hydrogen-bond acceptors (Lipinski definition) is 3. The molecule has 1 aromatic rings. The molecule has 1 rings (SSSR count). The fraction of sp³-hybridized carbons (Fsp3) is 0.632. The SMILES string of the molecule is CCOCCOC(=O)CCc1cc(C)c(C)c(C(C)(C)C)c1. The molecular weight excluding hydrogens is 276 g/mol. The second-order valence-electron chi connectivity index (χ2n) is 6.75. The van der Waals surface area contributed by atoms with E-state index in [4.69, 9.17) is 9.47 Å². The molecule has 124 valence electrons. The maximum absolute atomic E-state index is 11.7. The highest BCUT2D eigenvalue weighted by Gasteiger charge is 2.18. The van der Waals surface area contributed by atoms with Gasteiger partial charge in [0, 0.05) is 13.0 Å². The van der Waals surface area contributed by atoms with Crippen molar-refractivity contribution in [1.82, 2.24) is 0 Å². The average molecular weight is 306 g/mol. The molecule has 0 aromatic heterocycles. The predicted octanol–water partition coefficient (Wildman–Crippen LogP) is 4.11. The summed E-state index contributed by atoms with van der Waals surface area (Å²) in [6.07, 6.45) is 1.13. The molecule has 0 saturated heterocycles. The van der Waals surface area contributed by atoms with Gasteiger partial charge in [0.05, 0.1) is 6.61 Å². The first kappa shape index (κ1) is 18.7. The van der Waals surface area contributed by atoms with Gasteiger partial charge in [-0.2, -0.15) is 0 Å². The number of aryl methyl sites for hydroxylation is 2. The van der Waals surface area contributed by atoms with Crippen LogP contribution in [0, 0.1) is 13.8 Å². The number of esters is 1. The molecular formula is C19H30O3. The molecule has 0 aliphatic carbocycles. The monoisotopic (exact) mass is 306 g/mol. The summed E-state index contributed by atoms with van der Waals surface area (Å²) in [6, 6.07) is 4.41. The number of ether oxygens (including phenoxy) is 2. The average Bonchev–Trinajstić information content (AvgIpc) is 2.43. The molecule has 0 bridgehead atoms. The molecule has 1 aromatic carbocycles. The summed E-state index contributed by atoms with van der Waals surface area (Å²) in [5, 5.41) is 0. The van der Waals surface area contributed by atoms with Gasteiger partial charge in [0.25, 0.3) is 0 Å². The Balaban J connectivity index is 2.63. The zero-order valence-corrected chi connectivity index (χ0v) is 14.9. The molecule has 0 spiro atoms. The first-order valence-electron chi connectivity index (χ1n) is 8.09. The van der Waals surface area contributed by atoms with Crippen LogP contribution in [0.3, 0.4) is 0 Å². The Hall–Kier alpha value is -1.35. The Morgan fingerprint density at radius 1 is 1.14 bits per heavy atom. The fourth-order valence-corrected chi connectivity index (χ4v) is 2.53. The van der Waals surface area contributed by atoms with E-state index in [0.717, 1.165) is 6.42 Å². The van der Waals surface area contributed by atoms with Gasteiger partial charge in [0.15, 0.2) is 0 Å². The summed E-state index contributed by atoms with van der Waals surface area (Å²) in [5.74, 6) is -0.157. The van der Waals surface area contributed by atoms with E-state index in [1.807, 2.05) is 6.92 Å². The van der Waals surface area contributed by atoms with E-state index in [-0.39, 0.29) is 11.4 Å². The third kappa shape index (κ3) is 5.80. The Kier molecular flexibility index (Phi) is 7.08. The highest BCUT2D eigenvalue weighted by molar-refractivity contribution is 5.69. The maximum Gasteiger partial charge on any atom is 0.306 e. The van der Waals surface area contributed by atoms with Crippen molar-refractivity contribution in [1.29, 1.82) is 0 Å². The van der Waals surface area contributed by atoms with Gasteiger partial charge in [-0.05, 0) is 54.9 Å². The van der Waals surface area contributed by atoms with Crippen molar-refractivity contribution in [2.45, 2.75) is 59.8 Å². The molecule has 0 unspecified atom stereocenters. The molecule has 22 heavy (non-hydrogen) atoms. The Morgan fingerprint density at radius 3 is 2.41 bits per heavy atom. The number of rotatable bonds is 7. The van der Waals surface area contributed by atoms with Crippen molar-refractivity contribution in [3.8, 4) is 0 Å². The van der Waals surface area contributed by atoms with Gasteiger partial charge in [-0.25, -0.2) is 0 Å². The largest absolute Gasteiger partial charge is 0.463 e. The van der Waals surface area contributed by atoms with Crippen molar-refractivity contribution in [3.63, 3.8) is 0 Å². The van der Waals surface area contributed by atoms with E-state index in [9.17, 15) is 4.79 Å². The molecule has 0 fully saturated rings. The highest BCUT2D eigenvalue weighted by Crippen LogP contribution is 2.29. The van der Waals surface area contributed by atoms with Crippen LogP contribution in [0.2, 0.25) is 0 Å². The van der Waals surface area contributed by atoms with Crippen LogP contribution in [0.15, 0.2) is 12.1 Å². The summed E-state index contributed by atoms with van der Waals surface area (Å²) >= 11 is 0. The number of carbonyl (C=O) groups is 1. The lowest BCUT2D eigenvalue weighted by atomic mass is 9.81. The van der Waals surface area contributed by atoms with Crippen molar-refractivity contribution in [2.24, 2.45) is 0 Å². The van der Waals surface area contributed by atoms with Crippen LogP contribution in [0.5, 0.6) is 0 Å². The van der Waals surface area contributed by atoms with E-state index in [0.29, 0.717) is 26.2 Å². The molecule has 0 aliphatic rings. The summed E-state index contributed by atoms with van der Waals surface area (Å²) in [7, 11) is 0. The third-order valence-electron chi connectivity index (χ3n) is 3.85. The van der Waals surface area contributed by atoms with Crippen LogP contribution < -0.4 is 0 Å². The Morgan fingerprint density at radius 2 is 1.82 bits per heavy atom. The second kappa shape index (κ2) is 8.33. The highest BCUT2D eigenvalue weighted by atomic mass is 16.6. The van der Waals surface area contributed by atoms with Crippen LogP contribution in [-0.2, 0) is 26.1 Å². The summed E-state index contributed by atoms with van der Waals surface area (Å²) < 4.78 is 10.3. The van der Waals surface area contributed by atoms with Crippen molar-refractivity contribution < 1.29 is 14.3 Å². The zero-order valence-electron chi connectivity index (χ0n) is 14.9. The van der Waals surface area contributed by atoms with Gasteiger partial charge in [-0.3, -0.25) is 4.79 Å². The molecule has 0 aliphatic heterocycles. The first-order valence-corrected chi connectivity index (χ1v) is 8.09. The molecule has 0 radical (unpaired) electrons. The minimum Gasteiger partial charge on any atom is -0.463 e. The number of hydrogen-bond donors (Lipinski definition) is 0. The molecule has 0 saturated carbocycles. The topological polar surface area (TPSA) is 35.5 Å². The minimum absolute atomic E-state index is 0.114. The summed E-state index contributed by atoms with van der Waals surface area (Å²) in [4.78, 5) is 11.7. The van der Waals surface area contributed by atoms with E-state index in [1.54, 1.807) is 0 Å². The predicted molar refractivity (Wildman–Crippen MR) is 90.4 cm³/mol. The third-order valence-corrected chi connectivity index (χ3v) is 3.85. The minimum atomic E-state index is -0.157. The van der Waals surface area contributed by atoms with Gasteiger partial charge < -0.3 is 9.47 Å². The normalized spacial score (nSPS) is 11.5. The summed E-state index contributed by atoms with van der Waals surface area (Å²) in [6.45, 7) is 14.4. The van der Waals surface area contributed by atoms with Gasteiger partial charge in [-0.15, -0.1) is 0 Å². The van der Waals surface area contributed by atoms with E-state index in [1.165, 1.54) is 22.3 Å². The van der Waals surface area contributed by atoms with Crippen molar-refractivity contribution >= 4 is 5.97 Å². The van der Waals surface area contributed by atoms with Crippen LogP contribution in [0.1, 0.15) is 56.4 Å². The van der Waals surface area contributed by atoms with Crippen LogP contribution in [-0.4, -0.2) is 25.8 Å². The van der Waals surface area contributed by atoms with E-state index >= 15 is 0 Å². The summed E-state index contributed by atoms with van der Waals surface area (Å²) in [5.41, 5.74) is 5.30. The number of carbonyl (C=O) groups excluding carboxylic acids is 1. The quantitative estimate of drug-likeness (QED) is 0.561. The van der Waals surface area contributed by atoms with Crippen LogP contribution in [0.25, 0.3) is 0 Å². The van der Waals surface area contributed by atoms with Crippen LogP contribution >= 0.6 is 0 Å². The standard InChI is InChI=1S/C19H30O3/c1-7-21-10-11-22-18(20)9-8-16-12-14(2)15(3)17(13-16)19(4,5)6/h12-13H,7-11H2,1-6H3. The van der Waals surface area contributed by atoms with Crippen molar-refractivity contribution in [2.75, 3.05) is 19.8 Å². The molecule has 0 atom stereocenters. The molecule has 0 amide bonds. The second-order valence-corrected chi connectivity index (χ2v) is 6.75. The lowest BCUT2D eigenvalue weighted by Gasteiger charge is -2.24. The Bertz CT molecular complexity index is 498. The molecule has 3 nitrogen and oxygen atoms in total. The Labute approximate surface area is 135 Å². The molecule has 0 N–H and O–H groups in total. The van der Waals surface area contributed by atoms with Gasteiger partial charge >= 0.3 is 5.97 Å². The zero-order chi connectivity index (χ0) is 16.8. The van der Waals surface area contributed by atoms with Crippen molar-refractivity contribution in [3.05, 3.63) is 34.4 Å².